The first-order valence-corrected chi connectivity index (χ1v) is 15.3. The Labute approximate surface area is 235 Å². The fourth-order valence-corrected chi connectivity index (χ4v) is 4.42. The highest BCUT2D eigenvalue weighted by molar-refractivity contribution is 5.69. The van der Waals surface area contributed by atoms with Gasteiger partial charge in [0.05, 0.1) is 19.8 Å². The van der Waals surface area contributed by atoms with E-state index in [1.54, 1.807) is 0 Å². The predicted molar refractivity (Wildman–Crippen MR) is 150 cm³/mol. The van der Waals surface area contributed by atoms with Gasteiger partial charge in [0.25, 0.3) is 0 Å². The molecule has 0 radical (unpaired) electrons. The molecule has 39 heavy (non-hydrogen) atoms. The lowest BCUT2D eigenvalue weighted by atomic mass is 9.99. The molecule has 9 heteroatoms. The van der Waals surface area contributed by atoms with Crippen molar-refractivity contribution in [2.24, 2.45) is 0 Å². The third kappa shape index (κ3) is 16.7. The largest absolute Gasteiger partial charge is 0.457 e. The Kier molecular flexibility index (Phi) is 21.8. The third-order valence-electron chi connectivity index (χ3n) is 6.93. The van der Waals surface area contributed by atoms with Gasteiger partial charge in [-0.15, -0.1) is 0 Å². The van der Waals surface area contributed by atoms with E-state index in [-0.39, 0.29) is 19.2 Å². The molecule has 1 rings (SSSR count). The van der Waals surface area contributed by atoms with Crippen LogP contribution in [0.5, 0.6) is 0 Å². The molecule has 0 aromatic rings. The molecule has 6 atom stereocenters. The molecule has 1 fully saturated rings. The Hall–Kier alpha value is -1.07. The van der Waals surface area contributed by atoms with E-state index in [4.69, 9.17) is 18.9 Å². The fraction of sp³-hybridized carbons (Fsp3) is 0.900. The Balaban J connectivity index is 2.30. The van der Waals surface area contributed by atoms with Gasteiger partial charge >= 0.3 is 5.97 Å². The van der Waals surface area contributed by atoms with E-state index in [0.29, 0.717) is 13.0 Å². The molecule has 0 bridgehead atoms. The monoisotopic (exact) mass is 560 g/mol. The standard InChI is InChI=1S/C30H56O9/c1-3-5-7-8-9-10-11-12-13-14-15-16-18-20-36-22-24(38-26(32)19-17-6-4-2)23-37-30-29(35)28(34)27(33)25(21-31)39-30/h9-10,24-25,27-31,33-35H,3-8,11-23H2,1-2H3/b10-9-. The van der Waals surface area contributed by atoms with E-state index < -0.39 is 43.4 Å². The number of ether oxygens (including phenoxy) is 4. The number of esters is 1. The van der Waals surface area contributed by atoms with E-state index >= 15 is 0 Å². The molecule has 230 valence electrons. The molecule has 1 heterocycles. The van der Waals surface area contributed by atoms with Crippen molar-refractivity contribution in [1.82, 2.24) is 0 Å². The number of aliphatic hydroxyl groups excluding tert-OH is 4. The van der Waals surface area contributed by atoms with Crippen LogP contribution in [-0.4, -0.2) is 89.6 Å². The van der Waals surface area contributed by atoms with E-state index in [0.717, 1.165) is 32.1 Å². The molecule has 1 saturated heterocycles. The molecule has 0 aromatic heterocycles. The van der Waals surface area contributed by atoms with Gasteiger partial charge in [0.1, 0.15) is 30.5 Å². The number of hydrogen-bond acceptors (Lipinski definition) is 9. The number of carbonyl (C=O) groups excluding carboxylic acids is 1. The van der Waals surface area contributed by atoms with Crippen LogP contribution in [0, 0.1) is 0 Å². The molecule has 0 spiro atoms. The molecule has 1 aliphatic rings. The van der Waals surface area contributed by atoms with Crippen LogP contribution in [0.2, 0.25) is 0 Å². The lowest BCUT2D eigenvalue weighted by Crippen LogP contribution is -2.59. The highest BCUT2D eigenvalue weighted by Gasteiger charge is 2.44. The predicted octanol–water partition coefficient (Wildman–Crippen LogP) is 4.18. The second-order valence-electron chi connectivity index (χ2n) is 10.6. The first kappa shape index (κ1) is 36.0. The molecule has 0 saturated carbocycles. The van der Waals surface area contributed by atoms with Crippen LogP contribution in [0.25, 0.3) is 0 Å². The summed E-state index contributed by atoms with van der Waals surface area (Å²) in [6.07, 6.45) is 13.2. The quantitative estimate of drug-likeness (QED) is 0.0779. The van der Waals surface area contributed by atoms with Crippen molar-refractivity contribution in [3.05, 3.63) is 12.2 Å². The number of rotatable bonds is 24. The fourth-order valence-electron chi connectivity index (χ4n) is 4.42. The molecule has 0 amide bonds. The molecule has 0 aromatic carbocycles. The van der Waals surface area contributed by atoms with E-state index in [1.807, 2.05) is 0 Å². The summed E-state index contributed by atoms with van der Waals surface area (Å²) < 4.78 is 22.3. The number of carbonyl (C=O) groups is 1. The van der Waals surface area contributed by atoms with Gasteiger partial charge in [-0.05, 0) is 38.5 Å². The minimum Gasteiger partial charge on any atom is -0.457 e. The molecule has 6 unspecified atom stereocenters. The molecular formula is C30H56O9. The van der Waals surface area contributed by atoms with Gasteiger partial charge in [-0.25, -0.2) is 0 Å². The van der Waals surface area contributed by atoms with Crippen molar-refractivity contribution >= 4 is 5.97 Å². The number of unbranched alkanes of at least 4 members (excludes halogenated alkanes) is 11. The lowest BCUT2D eigenvalue weighted by molar-refractivity contribution is -0.305. The second kappa shape index (κ2) is 23.6. The first-order chi connectivity index (χ1) is 18.9. The average molecular weight is 561 g/mol. The topological polar surface area (TPSA) is 135 Å². The van der Waals surface area contributed by atoms with Gasteiger partial charge in [-0.2, -0.15) is 0 Å². The van der Waals surface area contributed by atoms with Gasteiger partial charge in [0, 0.05) is 13.0 Å². The Morgan fingerprint density at radius 2 is 1.41 bits per heavy atom. The van der Waals surface area contributed by atoms with Crippen molar-refractivity contribution in [2.45, 2.75) is 147 Å². The highest BCUT2D eigenvalue weighted by atomic mass is 16.7. The number of hydrogen-bond donors (Lipinski definition) is 4. The summed E-state index contributed by atoms with van der Waals surface area (Å²) in [5, 5.41) is 39.5. The zero-order valence-electron chi connectivity index (χ0n) is 24.4. The zero-order valence-corrected chi connectivity index (χ0v) is 24.4. The smallest absolute Gasteiger partial charge is 0.306 e. The minimum absolute atomic E-state index is 0.116. The van der Waals surface area contributed by atoms with Gasteiger partial charge in [0.15, 0.2) is 6.29 Å². The lowest BCUT2D eigenvalue weighted by Gasteiger charge is -2.39. The average Bonchev–Trinajstić information content (AvgIpc) is 2.93. The molecule has 1 aliphatic heterocycles. The summed E-state index contributed by atoms with van der Waals surface area (Å²) in [5.41, 5.74) is 0. The van der Waals surface area contributed by atoms with Crippen molar-refractivity contribution in [3.63, 3.8) is 0 Å². The van der Waals surface area contributed by atoms with Gasteiger partial charge in [-0.1, -0.05) is 77.4 Å². The van der Waals surface area contributed by atoms with Crippen molar-refractivity contribution in [3.8, 4) is 0 Å². The highest BCUT2D eigenvalue weighted by Crippen LogP contribution is 2.22. The zero-order chi connectivity index (χ0) is 28.7. The van der Waals surface area contributed by atoms with Crippen molar-refractivity contribution in [1.29, 1.82) is 0 Å². The van der Waals surface area contributed by atoms with Crippen molar-refractivity contribution in [2.75, 3.05) is 26.4 Å². The van der Waals surface area contributed by atoms with E-state index in [9.17, 15) is 25.2 Å². The van der Waals surface area contributed by atoms with Gasteiger partial charge in [-0.3, -0.25) is 4.79 Å². The summed E-state index contributed by atoms with van der Waals surface area (Å²) in [4.78, 5) is 12.3. The summed E-state index contributed by atoms with van der Waals surface area (Å²) in [6, 6.07) is 0. The van der Waals surface area contributed by atoms with Gasteiger partial charge in [0.2, 0.25) is 0 Å². The van der Waals surface area contributed by atoms with Crippen LogP contribution in [0.1, 0.15) is 110 Å². The summed E-state index contributed by atoms with van der Waals surface area (Å²) in [6.45, 7) is 4.32. The molecule has 0 aliphatic carbocycles. The van der Waals surface area contributed by atoms with Crippen LogP contribution in [0.4, 0.5) is 0 Å². The SMILES string of the molecule is CCCCC/C=C\CCCCCCCCOCC(COC1OC(CO)C(O)C(O)C1O)OC(=O)CCCCC. The van der Waals surface area contributed by atoms with Crippen LogP contribution in [0.15, 0.2) is 12.2 Å². The summed E-state index contributed by atoms with van der Waals surface area (Å²) in [5.74, 6) is -0.342. The van der Waals surface area contributed by atoms with E-state index in [2.05, 4.69) is 26.0 Å². The number of allylic oxidation sites excluding steroid dienone is 2. The van der Waals surface area contributed by atoms with Crippen LogP contribution < -0.4 is 0 Å². The van der Waals surface area contributed by atoms with Crippen LogP contribution in [-0.2, 0) is 23.7 Å². The Morgan fingerprint density at radius 3 is 2.08 bits per heavy atom. The summed E-state index contributed by atoms with van der Waals surface area (Å²) >= 11 is 0. The maximum absolute atomic E-state index is 12.3. The third-order valence-corrected chi connectivity index (χ3v) is 6.93. The summed E-state index contributed by atoms with van der Waals surface area (Å²) in [7, 11) is 0. The molecule has 9 nitrogen and oxygen atoms in total. The van der Waals surface area contributed by atoms with Gasteiger partial charge < -0.3 is 39.4 Å². The first-order valence-electron chi connectivity index (χ1n) is 15.3. The van der Waals surface area contributed by atoms with Crippen LogP contribution >= 0.6 is 0 Å². The normalized spacial score (nSPS) is 24.3. The maximum atomic E-state index is 12.3. The second-order valence-corrected chi connectivity index (χ2v) is 10.6. The van der Waals surface area contributed by atoms with E-state index in [1.165, 1.54) is 57.8 Å². The Bertz CT molecular complexity index is 613. The molecule has 4 N–H and O–H groups in total. The number of aliphatic hydroxyl groups is 4. The van der Waals surface area contributed by atoms with Crippen molar-refractivity contribution < 1.29 is 44.2 Å². The molecular weight excluding hydrogens is 504 g/mol. The Morgan fingerprint density at radius 1 is 0.795 bits per heavy atom. The minimum atomic E-state index is -1.53. The van der Waals surface area contributed by atoms with Crippen LogP contribution in [0.3, 0.4) is 0 Å². The maximum Gasteiger partial charge on any atom is 0.306 e.